The second-order valence-electron chi connectivity index (χ2n) is 5.56. The lowest BCUT2D eigenvalue weighted by Gasteiger charge is -2.14. The Morgan fingerprint density at radius 1 is 1.28 bits per heavy atom. The molecule has 0 unspecified atom stereocenters. The first-order valence-electron chi connectivity index (χ1n) is 7.84. The second kappa shape index (κ2) is 8.36. The molecular formula is C20H17ClNO3-. The molecule has 0 heterocycles. The summed E-state index contributed by atoms with van der Waals surface area (Å²) >= 11 is 6.25. The third-order valence-electron chi connectivity index (χ3n) is 3.72. The van der Waals surface area contributed by atoms with E-state index >= 15 is 0 Å². The number of rotatable bonds is 6. The summed E-state index contributed by atoms with van der Waals surface area (Å²) in [5, 5.41) is 20.7. The number of hydrogen-bond acceptors (Lipinski definition) is 4. The van der Waals surface area contributed by atoms with E-state index in [-0.39, 0.29) is 11.7 Å². The Kier molecular flexibility index (Phi) is 6.21. The second-order valence-corrected chi connectivity index (χ2v) is 5.97. The number of hydrogen-bond donors (Lipinski definition) is 0. The van der Waals surface area contributed by atoms with E-state index in [0.29, 0.717) is 21.9 Å². The summed E-state index contributed by atoms with van der Waals surface area (Å²) in [6, 6.07) is 13.4. The van der Waals surface area contributed by atoms with Gasteiger partial charge in [-0.3, -0.25) is 0 Å². The van der Waals surface area contributed by atoms with Crippen molar-refractivity contribution in [1.82, 2.24) is 0 Å². The van der Waals surface area contributed by atoms with Gasteiger partial charge in [-0.1, -0.05) is 48.9 Å². The highest BCUT2D eigenvalue weighted by Gasteiger charge is 2.07. The van der Waals surface area contributed by atoms with Crippen LogP contribution in [0.2, 0.25) is 5.02 Å². The van der Waals surface area contributed by atoms with Gasteiger partial charge < -0.3 is 14.6 Å². The average Bonchev–Trinajstić information content (AvgIpc) is 2.61. The van der Waals surface area contributed by atoms with Gasteiger partial charge in [-0.15, -0.1) is 0 Å². The highest BCUT2D eigenvalue weighted by molar-refractivity contribution is 6.32. The summed E-state index contributed by atoms with van der Waals surface area (Å²) in [6.07, 6.45) is 2.63. The summed E-state index contributed by atoms with van der Waals surface area (Å²) < 4.78 is 5.72. The van der Waals surface area contributed by atoms with Gasteiger partial charge in [0.1, 0.15) is 5.75 Å². The van der Waals surface area contributed by atoms with Crippen molar-refractivity contribution in [2.45, 2.75) is 26.4 Å². The number of nitrogens with zero attached hydrogens (tertiary/aromatic N) is 1. The van der Waals surface area contributed by atoms with E-state index in [4.69, 9.17) is 16.3 Å². The molecule has 0 bridgehead atoms. The maximum absolute atomic E-state index is 10.8. The molecule has 0 spiro atoms. The maximum atomic E-state index is 10.8. The van der Waals surface area contributed by atoms with Crippen LogP contribution in [0.4, 0.5) is 0 Å². The first kappa shape index (κ1) is 18.6. The summed E-state index contributed by atoms with van der Waals surface area (Å²) in [4.78, 5) is 10.8. The molecule has 25 heavy (non-hydrogen) atoms. The molecule has 0 N–H and O–H groups in total. The predicted molar refractivity (Wildman–Crippen MR) is 96.1 cm³/mol. The van der Waals surface area contributed by atoms with Crippen molar-refractivity contribution in [2.75, 3.05) is 0 Å². The van der Waals surface area contributed by atoms with Gasteiger partial charge in [-0.25, -0.2) is 0 Å². The third-order valence-corrected chi connectivity index (χ3v) is 4.02. The zero-order valence-corrected chi connectivity index (χ0v) is 14.7. The van der Waals surface area contributed by atoms with E-state index in [9.17, 15) is 15.2 Å². The number of aromatic carboxylic acids is 1. The number of carbonyl (C=O) groups is 1. The number of ether oxygens (including phenoxy) is 1. The minimum Gasteiger partial charge on any atom is -0.545 e. The Hall–Kier alpha value is -2.77. The first-order chi connectivity index (χ1) is 11.9. The molecule has 1 atom stereocenters. The molecule has 0 amide bonds. The normalized spacial score (nSPS) is 12.3. The third kappa shape index (κ3) is 4.85. The van der Waals surface area contributed by atoms with Gasteiger partial charge in [-0.2, -0.15) is 5.26 Å². The Morgan fingerprint density at radius 2 is 1.92 bits per heavy atom. The number of carbonyl (C=O) groups excluding carboxylic acids is 1. The van der Waals surface area contributed by atoms with Crippen LogP contribution in [0.3, 0.4) is 0 Å². The molecule has 0 saturated carbocycles. The van der Waals surface area contributed by atoms with Crippen LogP contribution in [0.25, 0.3) is 11.6 Å². The van der Waals surface area contributed by atoms with Crippen LogP contribution in [-0.2, 0) is 0 Å². The monoisotopic (exact) mass is 354 g/mol. The molecule has 128 valence electrons. The van der Waals surface area contributed by atoms with E-state index < -0.39 is 5.97 Å². The summed E-state index contributed by atoms with van der Waals surface area (Å²) in [7, 11) is 0. The minimum absolute atomic E-state index is 0.0654. The van der Waals surface area contributed by atoms with E-state index in [1.54, 1.807) is 30.3 Å². The molecular weight excluding hydrogens is 338 g/mol. The van der Waals surface area contributed by atoms with Crippen LogP contribution in [0.15, 0.2) is 42.5 Å². The average molecular weight is 355 g/mol. The number of nitriles is 1. The molecule has 0 radical (unpaired) electrons. The van der Waals surface area contributed by atoms with E-state index in [0.717, 1.165) is 12.0 Å². The lowest BCUT2D eigenvalue weighted by atomic mass is 10.0. The van der Waals surface area contributed by atoms with Crippen LogP contribution in [-0.4, -0.2) is 12.1 Å². The fraction of sp³-hybridized carbons (Fsp3) is 0.200. The van der Waals surface area contributed by atoms with Crippen molar-refractivity contribution in [3.8, 4) is 11.8 Å². The number of halogens is 1. The van der Waals surface area contributed by atoms with E-state index in [1.165, 1.54) is 12.1 Å². The first-order valence-corrected chi connectivity index (χ1v) is 8.22. The lowest BCUT2D eigenvalue weighted by molar-refractivity contribution is -0.255. The zero-order chi connectivity index (χ0) is 18.4. The zero-order valence-electron chi connectivity index (χ0n) is 14.0. The molecule has 0 saturated heterocycles. The van der Waals surface area contributed by atoms with Crippen molar-refractivity contribution in [1.29, 1.82) is 5.26 Å². The fourth-order valence-electron chi connectivity index (χ4n) is 2.14. The van der Waals surface area contributed by atoms with Crippen LogP contribution in [0.5, 0.6) is 5.75 Å². The Labute approximate surface area is 151 Å². The molecule has 4 nitrogen and oxygen atoms in total. The SMILES string of the molecule is CC[C@@H](C)Oc1ccc(/C=C(/C#N)c2ccc(C(=O)[O-])cc2)cc1Cl. The highest BCUT2D eigenvalue weighted by atomic mass is 35.5. The van der Waals surface area contributed by atoms with Gasteiger partial charge >= 0.3 is 0 Å². The van der Waals surface area contributed by atoms with E-state index in [1.807, 2.05) is 19.9 Å². The van der Waals surface area contributed by atoms with Gasteiger partial charge in [0.2, 0.25) is 0 Å². The quantitative estimate of drug-likeness (QED) is 0.581. The van der Waals surface area contributed by atoms with Crippen molar-refractivity contribution in [3.05, 3.63) is 64.2 Å². The largest absolute Gasteiger partial charge is 0.545 e. The fourth-order valence-corrected chi connectivity index (χ4v) is 2.37. The predicted octanol–water partition coefficient (Wildman–Crippen LogP) is 3.94. The molecule has 0 aliphatic heterocycles. The Morgan fingerprint density at radius 3 is 2.44 bits per heavy atom. The van der Waals surface area contributed by atoms with Gasteiger partial charge in [-0.05, 0) is 48.2 Å². The topological polar surface area (TPSA) is 73.1 Å². The van der Waals surface area contributed by atoms with Gasteiger partial charge in [0.25, 0.3) is 0 Å². The number of benzene rings is 2. The smallest absolute Gasteiger partial charge is 0.138 e. The van der Waals surface area contributed by atoms with Gasteiger partial charge in [0.15, 0.2) is 0 Å². The molecule has 2 rings (SSSR count). The number of allylic oxidation sites excluding steroid dienone is 1. The standard InChI is InChI=1S/C20H18ClNO3/c1-3-13(2)25-19-9-4-14(11-18(19)21)10-17(12-22)15-5-7-16(8-6-15)20(23)24/h4-11,13H,3H2,1-2H3,(H,23,24)/p-1/b17-10-/t13-/m1/s1. The molecule has 2 aromatic rings. The highest BCUT2D eigenvalue weighted by Crippen LogP contribution is 2.28. The van der Waals surface area contributed by atoms with Crippen LogP contribution >= 0.6 is 11.6 Å². The molecule has 5 heteroatoms. The molecule has 0 aliphatic rings. The van der Waals surface area contributed by atoms with Gasteiger partial charge in [0.05, 0.1) is 28.7 Å². The van der Waals surface area contributed by atoms with Crippen LogP contribution in [0.1, 0.15) is 41.8 Å². The van der Waals surface area contributed by atoms with Crippen molar-refractivity contribution < 1.29 is 14.6 Å². The van der Waals surface area contributed by atoms with E-state index in [2.05, 4.69) is 6.07 Å². The van der Waals surface area contributed by atoms with Crippen molar-refractivity contribution >= 4 is 29.2 Å². The maximum Gasteiger partial charge on any atom is 0.138 e. The summed E-state index contributed by atoms with van der Waals surface area (Å²) in [5.74, 6) is -0.650. The molecule has 0 aliphatic carbocycles. The van der Waals surface area contributed by atoms with Crippen molar-refractivity contribution in [3.63, 3.8) is 0 Å². The summed E-state index contributed by atoms with van der Waals surface area (Å²) in [6.45, 7) is 3.99. The summed E-state index contributed by atoms with van der Waals surface area (Å²) in [5.41, 5.74) is 1.83. The molecule has 0 fully saturated rings. The number of carboxylic acids is 1. The van der Waals surface area contributed by atoms with Crippen LogP contribution in [0, 0.1) is 11.3 Å². The Bertz CT molecular complexity index is 835. The molecule has 0 aromatic heterocycles. The number of carboxylic acid groups (broad SMARTS) is 1. The van der Waals surface area contributed by atoms with Gasteiger partial charge in [0, 0.05) is 0 Å². The lowest BCUT2D eigenvalue weighted by Crippen LogP contribution is -2.21. The van der Waals surface area contributed by atoms with Crippen molar-refractivity contribution in [2.24, 2.45) is 0 Å². The minimum atomic E-state index is -1.25. The van der Waals surface area contributed by atoms with Crippen LogP contribution < -0.4 is 9.84 Å². The Balaban J connectivity index is 2.29. The molecule has 2 aromatic carbocycles.